The van der Waals surface area contributed by atoms with Gasteiger partial charge in [-0.3, -0.25) is 4.79 Å². The Hall–Kier alpha value is -0.650. The molecule has 1 atom stereocenters. The Bertz CT molecular complexity index is 190. The molecule has 1 heterocycles. The van der Waals surface area contributed by atoms with Crippen LogP contribution in [0.2, 0.25) is 0 Å². The second-order valence-corrected chi connectivity index (χ2v) is 3.47. The molecule has 1 rings (SSSR count). The molecule has 0 bridgehead atoms. The summed E-state index contributed by atoms with van der Waals surface area (Å²) in [6.07, 6.45) is 0.879. The molecule has 0 aromatic carbocycles. The van der Waals surface area contributed by atoms with Gasteiger partial charge in [-0.15, -0.1) is 0 Å². The van der Waals surface area contributed by atoms with Crippen LogP contribution in [-0.2, 0) is 14.3 Å². The smallest absolute Gasteiger partial charge is 0.233 e. The average Bonchev–Trinajstić information content (AvgIpc) is 2.67. The summed E-state index contributed by atoms with van der Waals surface area (Å²) in [5.41, 5.74) is -0.242. The molecule has 1 fully saturated rings. The normalized spacial score (nSPS) is 26.4. The van der Waals surface area contributed by atoms with E-state index in [2.05, 4.69) is 10.6 Å². The average molecular weight is 202 g/mol. The van der Waals surface area contributed by atoms with Crippen LogP contribution in [0.5, 0.6) is 0 Å². The molecule has 1 saturated heterocycles. The van der Waals surface area contributed by atoms with Gasteiger partial charge in [0.2, 0.25) is 5.91 Å². The monoisotopic (exact) mass is 202 g/mol. The maximum Gasteiger partial charge on any atom is 0.233 e. The van der Waals surface area contributed by atoms with Gasteiger partial charge in [0.25, 0.3) is 0 Å². The van der Waals surface area contributed by atoms with E-state index < -0.39 is 0 Å². The van der Waals surface area contributed by atoms with E-state index in [1.807, 2.05) is 0 Å². The molecular formula is C9H18N2O3. The van der Waals surface area contributed by atoms with Gasteiger partial charge in [0.05, 0.1) is 13.2 Å². The number of ether oxygens (including phenoxy) is 2. The quantitative estimate of drug-likeness (QED) is 0.608. The first-order valence-corrected chi connectivity index (χ1v) is 4.77. The summed E-state index contributed by atoms with van der Waals surface area (Å²) in [7, 11) is 3.30. The highest BCUT2D eigenvalue weighted by Gasteiger charge is 2.34. The van der Waals surface area contributed by atoms with E-state index in [-0.39, 0.29) is 11.5 Å². The van der Waals surface area contributed by atoms with Gasteiger partial charge in [-0.25, -0.2) is 0 Å². The summed E-state index contributed by atoms with van der Waals surface area (Å²) in [4.78, 5) is 10.9. The number of nitrogens with one attached hydrogen (secondary N) is 2. The molecule has 0 aromatic rings. The first-order chi connectivity index (χ1) is 6.72. The summed E-state index contributed by atoms with van der Waals surface area (Å²) >= 11 is 0. The van der Waals surface area contributed by atoms with Crippen molar-refractivity contribution < 1.29 is 14.3 Å². The van der Waals surface area contributed by atoms with Gasteiger partial charge in [-0.1, -0.05) is 0 Å². The minimum atomic E-state index is -0.242. The van der Waals surface area contributed by atoms with Crippen LogP contribution in [0.4, 0.5) is 0 Å². The predicted molar refractivity (Wildman–Crippen MR) is 52.1 cm³/mol. The van der Waals surface area contributed by atoms with E-state index in [0.717, 1.165) is 13.0 Å². The Morgan fingerprint density at radius 1 is 1.64 bits per heavy atom. The van der Waals surface area contributed by atoms with Crippen molar-refractivity contribution in [3.63, 3.8) is 0 Å². The number of hydrogen-bond acceptors (Lipinski definition) is 4. The zero-order chi connectivity index (χ0) is 10.4. The molecule has 2 N–H and O–H groups in total. The van der Waals surface area contributed by atoms with E-state index in [1.54, 1.807) is 14.2 Å². The number of carbonyl (C=O) groups excluding carboxylic acids is 1. The fourth-order valence-corrected chi connectivity index (χ4v) is 1.45. The van der Waals surface area contributed by atoms with Crippen molar-refractivity contribution in [1.82, 2.24) is 10.6 Å². The second kappa shape index (κ2) is 5.29. The fraction of sp³-hybridized carbons (Fsp3) is 0.889. The number of carbonyl (C=O) groups is 1. The van der Waals surface area contributed by atoms with Crippen molar-refractivity contribution in [3.05, 3.63) is 0 Å². The molecular weight excluding hydrogens is 184 g/mol. The molecule has 1 aliphatic rings. The minimum Gasteiger partial charge on any atom is -0.378 e. The van der Waals surface area contributed by atoms with Crippen LogP contribution in [0.25, 0.3) is 0 Å². The van der Waals surface area contributed by atoms with E-state index >= 15 is 0 Å². The van der Waals surface area contributed by atoms with E-state index in [9.17, 15) is 4.79 Å². The lowest BCUT2D eigenvalue weighted by Gasteiger charge is -2.25. The number of amides is 1. The van der Waals surface area contributed by atoms with Gasteiger partial charge < -0.3 is 20.1 Å². The molecule has 0 saturated carbocycles. The van der Waals surface area contributed by atoms with Crippen LogP contribution in [0.1, 0.15) is 6.42 Å². The molecule has 14 heavy (non-hydrogen) atoms. The third-order valence-corrected chi connectivity index (χ3v) is 2.51. The van der Waals surface area contributed by atoms with Crippen molar-refractivity contribution in [2.75, 3.05) is 40.5 Å². The highest BCUT2D eigenvalue weighted by molar-refractivity contribution is 5.77. The largest absolute Gasteiger partial charge is 0.378 e. The second-order valence-electron chi connectivity index (χ2n) is 3.47. The maximum atomic E-state index is 10.9. The molecule has 0 spiro atoms. The molecule has 1 amide bonds. The first-order valence-electron chi connectivity index (χ1n) is 4.77. The van der Waals surface area contributed by atoms with Gasteiger partial charge in [0.15, 0.2) is 0 Å². The van der Waals surface area contributed by atoms with E-state index in [4.69, 9.17) is 9.47 Å². The van der Waals surface area contributed by atoms with Crippen molar-refractivity contribution >= 4 is 5.91 Å². The number of likely N-dealkylation sites (N-methyl/N-ethyl adjacent to an activating group) is 1. The Kier molecular flexibility index (Phi) is 4.31. The van der Waals surface area contributed by atoms with Gasteiger partial charge >= 0.3 is 0 Å². The zero-order valence-corrected chi connectivity index (χ0v) is 8.76. The predicted octanol–water partition coefficient (Wildman–Crippen LogP) is -0.872. The Labute approximate surface area is 84.1 Å². The van der Waals surface area contributed by atoms with E-state index in [1.165, 1.54) is 0 Å². The Morgan fingerprint density at radius 2 is 2.43 bits per heavy atom. The van der Waals surface area contributed by atoms with Crippen molar-refractivity contribution in [3.8, 4) is 0 Å². The summed E-state index contributed by atoms with van der Waals surface area (Å²) in [6, 6.07) is 0. The van der Waals surface area contributed by atoms with Crippen molar-refractivity contribution in [2.24, 2.45) is 0 Å². The summed E-state index contributed by atoms with van der Waals surface area (Å²) in [5.74, 6) is -0.0184. The van der Waals surface area contributed by atoms with Crippen LogP contribution < -0.4 is 10.6 Å². The highest BCUT2D eigenvalue weighted by Crippen LogP contribution is 2.21. The molecule has 1 unspecified atom stereocenters. The first kappa shape index (κ1) is 11.4. The standard InChI is InChI=1S/C9H18N2O3/c1-10-8(12)5-11-6-9(13-2)3-4-14-7-9/h11H,3-7H2,1-2H3,(H,10,12). The van der Waals surface area contributed by atoms with Crippen molar-refractivity contribution in [1.29, 1.82) is 0 Å². The highest BCUT2D eigenvalue weighted by atomic mass is 16.5. The molecule has 5 heteroatoms. The van der Waals surface area contributed by atoms with Gasteiger partial charge in [0, 0.05) is 33.7 Å². The third-order valence-electron chi connectivity index (χ3n) is 2.51. The third kappa shape index (κ3) is 2.94. The number of hydrogen-bond donors (Lipinski definition) is 2. The van der Waals surface area contributed by atoms with Crippen LogP contribution in [-0.4, -0.2) is 52.0 Å². The summed E-state index contributed by atoms with van der Waals surface area (Å²) in [6.45, 7) is 2.30. The van der Waals surface area contributed by atoms with Gasteiger partial charge in [0.1, 0.15) is 5.60 Å². The van der Waals surface area contributed by atoms with Crippen LogP contribution in [0.3, 0.4) is 0 Å². The lowest BCUT2D eigenvalue weighted by molar-refractivity contribution is -0.120. The lowest BCUT2D eigenvalue weighted by Crippen LogP contribution is -2.45. The van der Waals surface area contributed by atoms with Gasteiger partial charge in [-0.2, -0.15) is 0 Å². The summed E-state index contributed by atoms with van der Waals surface area (Å²) in [5, 5.41) is 5.60. The number of methoxy groups -OCH3 is 1. The lowest BCUT2D eigenvalue weighted by atomic mass is 10.0. The number of rotatable bonds is 5. The summed E-state index contributed by atoms with van der Waals surface area (Å²) < 4.78 is 10.7. The van der Waals surface area contributed by atoms with Crippen LogP contribution in [0.15, 0.2) is 0 Å². The van der Waals surface area contributed by atoms with Crippen molar-refractivity contribution in [2.45, 2.75) is 12.0 Å². The van der Waals surface area contributed by atoms with Crippen LogP contribution >= 0.6 is 0 Å². The van der Waals surface area contributed by atoms with Crippen LogP contribution in [0, 0.1) is 0 Å². The Morgan fingerprint density at radius 3 is 2.93 bits per heavy atom. The molecule has 0 radical (unpaired) electrons. The molecule has 0 aliphatic carbocycles. The maximum absolute atomic E-state index is 10.9. The minimum absolute atomic E-state index is 0.0184. The fourth-order valence-electron chi connectivity index (χ4n) is 1.45. The zero-order valence-electron chi connectivity index (χ0n) is 8.76. The molecule has 1 aliphatic heterocycles. The van der Waals surface area contributed by atoms with Gasteiger partial charge in [-0.05, 0) is 0 Å². The molecule has 0 aromatic heterocycles. The SMILES string of the molecule is CNC(=O)CNCC1(OC)CCOC1. The molecule has 82 valence electrons. The topological polar surface area (TPSA) is 59.6 Å². The van der Waals surface area contributed by atoms with E-state index in [0.29, 0.717) is 19.7 Å². The Balaban J connectivity index is 2.24. The molecule has 5 nitrogen and oxygen atoms in total.